The van der Waals surface area contributed by atoms with Gasteiger partial charge < -0.3 is 5.73 Å². The van der Waals surface area contributed by atoms with E-state index in [1.807, 2.05) is 13.0 Å². The first-order chi connectivity index (χ1) is 5.68. The molecule has 0 unspecified atom stereocenters. The number of thioether (sulfide) groups is 1. The summed E-state index contributed by atoms with van der Waals surface area (Å²) >= 11 is 1.58. The average molecular weight is 185 g/mol. The first kappa shape index (κ1) is 9.55. The van der Waals surface area contributed by atoms with Gasteiger partial charge in [-0.3, -0.25) is 0 Å². The van der Waals surface area contributed by atoms with E-state index in [-0.39, 0.29) is 11.9 Å². The molecule has 0 spiro atoms. The lowest BCUT2D eigenvalue weighted by Crippen LogP contribution is -2.17. The Morgan fingerprint density at radius 2 is 2.33 bits per heavy atom. The second kappa shape index (κ2) is 4.48. The molecule has 66 valence electrons. The highest BCUT2D eigenvalue weighted by Crippen LogP contribution is 2.18. The zero-order valence-electron chi connectivity index (χ0n) is 6.96. The van der Waals surface area contributed by atoms with Crippen LogP contribution in [0.25, 0.3) is 0 Å². The summed E-state index contributed by atoms with van der Waals surface area (Å²) in [7, 11) is 0. The highest BCUT2D eigenvalue weighted by atomic mass is 32.2. The molecular weight excluding hydrogens is 173 g/mol. The summed E-state index contributed by atoms with van der Waals surface area (Å²) < 4.78 is 12.6. The Balaban J connectivity index is 2.52. The maximum atomic E-state index is 12.6. The smallest absolute Gasteiger partial charge is 0.124 e. The molecule has 0 heterocycles. The number of hydrogen-bond donors (Lipinski definition) is 1. The lowest BCUT2D eigenvalue weighted by atomic mass is 10.3. The highest BCUT2D eigenvalue weighted by Gasteiger charge is 1.98. The van der Waals surface area contributed by atoms with Gasteiger partial charge >= 0.3 is 0 Å². The SMILES string of the molecule is C[C@H](N)CSc1cccc(F)c1. The van der Waals surface area contributed by atoms with Gasteiger partial charge in [0.1, 0.15) is 5.82 Å². The van der Waals surface area contributed by atoms with Gasteiger partial charge in [0.15, 0.2) is 0 Å². The molecule has 1 atom stereocenters. The summed E-state index contributed by atoms with van der Waals surface area (Å²) in [4.78, 5) is 0.937. The van der Waals surface area contributed by atoms with E-state index in [2.05, 4.69) is 0 Å². The minimum Gasteiger partial charge on any atom is -0.327 e. The predicted octanol–water partition coefficient (Wildman–Crippen LogP) is 2.27. The molecule has 12 heavy (non-hydrogen) atoms. The number of nitrogens with two attached hydrogens (primary N) is 1. The molecule has 0 aliphatic carbocycles. The average Bonchev–Trinajstić information content (AvgIpc) is 2.01. The van der Waals surface area contributed by atoms with E-state index in [1.54, 1.807) is 17.8 Å². The van der Waals surface area contributed by atoms with Crippen molar-refractivity contribution in [1.29, 1.82) is 0 Å². The largest absolute Gasteiger partial charge is 0.327 e. The molecule has 0 saturated heterocycles. The fraction of sp³-hybridized carbons (Fsp3) is 0.333. The molecule has 2 N–H and O–H groups in total. The van der Waals surface area contributed by atoms with Crippen LogP contribution < -0.4 is 5.73 Å². The Kier molecular flexibility index (Phi) is 3.56. The Bertz CT molecular complexity index is 250. The Hall–Kier alpha value is -0.540. The number of hydrogen-bond acceptors (Lipinski definition) is 2. The van der Waals surface area contributed by atoms with Crippen molar-refractivity contribution in [2.24, 2.45) is 5.73 Å². The number of rotatable bonds is 3. The lowest BCUT2D eigenvalue weighted by molar-refractivity contribution is 0.624. The van der Waals surface area contributed by atoms with Gasteiger partial charge in [0.2, 0.25) is 0 Å². The lowest BCUT2D eigenvalue weighted by Gasteiger charge is -2.03. The monoisotopic (exact) mass is 185 g/mol. The molecule has 0 radical (unpaired) electrons. The summed E-state index contributed by atoms with van der Waals surface area (Å²) in [5, 5.41) is 0. The van der Waals surface area contributed by atoms with Gasteiger partial charge in [0.25, 0.3) is 0 Å². The first-order valence-electron chi connectivity index (χ1n) is 3.82. The summed E-state index contributed by atoms with van der Waals surface area (Å²) in [6.45, 7) is 1.94. The molecule has 0 amide bonds. The molecule has 0 fully saturated rings. The third-order valence-corrected chi connectivity index (χ3v) is 2.59. The van der Waals surface area contributed by atoms with Crippen molar-refractivity contribution >= 4 is 11.8 Å². The van der Waals surface area contributed by atoms with Crippen LogP contribution in [0.15, 0.2) is 29.2 Å². The van der Waals surface area contributed by atoms with Crippen LogP contribution in [0.1, 0.15) is 6.92 Å². The van der Waals surface area contributed by atoms with Gasteiger partial charge in [-0.25, -0.2) is 4.39 Å². The molecule has 0 saturated carbocycles. The van der Waals surface area contributed by atoms with E-state index in [0.29, 0.717) is 0 Å². The van der Waals surface area contributed by atoms with Crippen molar-refractivity contribution < 1.29 is 4.39 Å². The van der Waals surface area contributed by atoms with Crippen LogP contribution in [-0.4, -0.2) is 11.8 Å². The Morgan fingerprint density at radius 1 is 1.58 bits per heavy atom. The van der Waals surface area contributed by atoms with Crippen molar-refractivity contribution in [1.82, 2.24) is 0 Å². The van der Waals surface area contributed by atoms with Crippen LogP contribution in [0, 0.1) is 5.82 Å². The van der Waals surface area contributed by atoms with E-state index in [9.17, 15) is 4.39 Å². The number of benzene rings is 1. The Labute approximate surface area is 76.2 Å². The normalized spacial score (nSPS) is 12.9. The fourth-order valence-corrected chi connectivity index (χ4v) is 1.61. The minimum atomic E-state index is -0.190. The fourth-order valence-electron chi connectivity index (χ4n) is 0.784. The molecule has 0 aliphatic heterocycles. The maximum Gasteiger partial charge on any atom is 0.124 e. The van der Waals surface area contributed by atoms with Crippen LogP contribution in [-0.2, 0) is 0 Å². The summed E-state index contributed by atoms with van der Waals surface area (Å²) in [6, 6.07) is 6.70. The van der Waals surface area contributed by atoms with Gasteiger partial charge in [-0.05, 0) is 25.1 Å². The van der Waals surface area contributed by atoms with Crippen molar-refractivity contribution in [3.05, 3.63) is 30.1 Å². The quantitative estimate of drug-likeness (QED) is 0.731. The Morgan fingerprint density at radius 3 is 2.92 bits per heavy atom. The molecule has 3 heteroatoms. The summed E-state index contributed by atoms with van der Waals surface area (Å²) in [5.41, 5.74) is 5.56. The topological polar surface area (TPSA) is 26.0 Å². The molecule has 1 rings (SSSR count). The van der Waals surface area contributed by atoms with Gasteiger partial charge in [0.05, 0.1) is 0 Å². The van der Waals surface area contributed by atoms with Crippen LogP contribution in [0.2, 0.25) is 0 Å². The van der Waals surface area contributed by atoms with Gasteiger partial charge in [0, 0.05) is 16.7 Å². The maximum absolute atomic E-state index is 12.6. The van der Waals surface area contributed by atoms with E-state index in [1.165, 1.54) is 12.1 Å². The van der Waals surface area contributed by atoms with Crippen molar-refractivity contribution in [3.63, 3.8) is 0 Å². The van der Waals surface area contributed by atoms with Gasteiger partial charge in [-0.15, -0.1) is 11.8 Å². The molecule has 1 aromatic rings. The minimum absolute atomic E-state index is 0.151. The molecular formula is C9H12FNS. The highest BCUT2D eigenvalue weighted by molar-refractivity contribution is 7.99. The molecule has 0 bridgehead atoms. The number of halogens is 1. The van der Waals surface area contributed by atoms with Crippen LogP contribution >= 0.6 is 11.8 Å². The van der Waals surface area contributed by atoms with E-state index < -0.39 is 0 Å². The second-order valence-corrected chi connectivity index (χ2v) is 3.84. The van der Waals surface area contributed by atoms with Gasteiger partial charge in [-0.1, -0.05) is 6.07 Å². The zero-order valence-corrected chi connectivity index (χ0v) is 7.77. The standard InChI is InChI=1S/C9H12FNS/c1-7(11)6-12-9-4-2-3-8(10)5-9/h2-5,7H,6,11H2,1H3/t7-/m0/s1. The van der Waals surface area contributed by atoms with Gasteiger partial charge in [-0.2, -0.15) is 0 Å². The van der Waals surface area contributed by atoms with Crippen LogP contribution in [0.4, 0.5) is 4.39 Å². The molecule has 1 aromatic carbocycles. The second-order valence-electron chi connectivity index (χ2n) is 2.75. The zero-order chi connectivity index (χ0) is 8.97. The third-order valence-electron chi connectivity index (χ3n) is 1.31. The van der Waals surface area contributed by atoms with Crippen molar-refractivity contribution in [2.75, 3.05) is 5.75 Å². The van der Waals surface area contributed by atoms with E-state index in [0.717, 1.165) is 10.6 Å². The predicted molar refractivity (Wildman–Crippen MR) is 50.8 cm³/mol. The first-order valence-corrected chi connectivity index (χ1v) is 4.81. The van der Waals surface area contributed by atoms with E-state index in [4.69, 9.17) is 5.73 Å². The molecule has 1 nitrogen and oxygen atoms in total. The van der Waals surface area contributed by atoms with Crippen molar-refractivity contribution in [2.45, 2.75) is 17.9 Å². The van der Waals surface area contributed by atoms with Crippen LogP contribution in [0.3, 0.4) is 0 Å². The van der Waals surface area contributed by atoms with Crippen molar-refractivity contribution in [3.8, 4) is 0 Å². The molecule has 0 aliphatic rings. The summed E-state index contributed by atoms with van der Waals surface area (Å²) in [5.74, 6) is 0.633. The van der Waals surface area contributed by atoms with Crippen LogP contribution in [0.5, 0.6) is 0 Å². The molecule has 0 aromatic heterocycles. The third kappa shape index (κ3) is 3.24. The van der Waals surface area contributed by atoms with E-state index >= 15 is 0 Å². The summed E-state index contributed by atoms with van der Waals surface area (Å²) in [6.07, 6.45) is 0.